The van der Waals surface area contributed by atoms with Gasteiger partial charge in [0, 0.05) is 25.1 Å². The molecule has 2 aromatic rings. The van der Waals surface area contributed by atoms with Crippen LogP contribution in [0.1, 0.15) is 50.5 Å². The molecule has 1 fully saturated rings. The molecule has 2 heterocycles. The molecule has 1 aliphatic heterocycles. The first-order chi connectivity index (χ1) is 13.6. The summed E-state index contributed by atoms with van der Waals surface area (Å²) in [7, 11) is 0. The molecule has 0 saturated carbocycles. The topological polar surface area (TPSA) is 77.0 Å². The summed E-state index contributed by atoms with van der Waals surface area (Å²) in [5.41, 5.74) is 5.87. The van der Waals surface area contributed by atoms with Gasteiger partial charge >= 0.3 is 0 Å². The number of likely N-dealkylation sites (tertiary alicyclic amines) is 1. The van der Waals surface area contributed by atoms with E-state index in [1.165, 1.54) is 20.2 Å². The lowest BCUT2D eigenvalue weighted by Crippen LogP contribution is -2.37. The standard InChI is InChI=1S/C19H23F4N5O/c1-19(2,23)28-10-25-18(26-28)16-4-3-5-27(16)17(29)8-12(24)6-11-7-14(21)15(22)9-13(11)20/h7,9-10,12,16H,3-6,8,24H2,1-2H3/t12-,16+/m1/s1. The van der Waals surface area contributed by atoms with Crippen molar-refractivity contribution in [3.05, 3.63) is 47.3 Å². The quantitative estimate of drug-likeness (QED) is 0.584. The molecule has 1 amide bonds. The summed E-state index contributed by atoms with van der Waals surface area (Å²) < 4.78 is 55.3. The predicted molar refractivity (Wildman–Crippen MR) is 96.8 cm³/mol. The second kappa shape index (κ2) is 8.10. The molecule has 1 aromatic heterocycles. The van der Waals surface area contributed by atoms with Crippen LogP contribution in [0.5, 0.6) is 0 Å². The Balaban J connectivity index is 1.66. The Morgan fingerprint density at radius 2 is 1.97 bits per heavy atom. The molecule has 2 atom stereocenters. The van der Waals surface area contributed by atoms with Gasteiger partial charge in [0.25, 0.3) is 0 Å². The molecular weight excluding hydrogens is 390 g/mol. The van der Waals surface area contributed by atoms with Gasteiger partial charge in [0.15, 0.2) is 23.3 Å². The Morgan fingerprint density at radius 1 is 1.28 bits per heavy atom. The van der Waals surface area contributed by atoms with E-state index in [9.17, 15) is 22.4 Å². The van der Waals surface area contributed by atoms with Gasteiger partial charge in [0.05, 0.1) is 6.04 Å². The third kappa shape index (κ3) is 4.75. The lowest BCUT2D eigenvalue weighted by atomic mass is 10.0. The number of aromatic nitrogens is 3. The molecule has 3 rings (SSSR count). The Bertz CT molecular complexity index is 895. The summed E-state index contributed by atoms with van der Waals surface area (Å²) in [6.45, 7) is 3.17. The SMILES string of the molecule is CC(C)(F)n1cnc([C@@H]2CCCN2C(=O)C[C@H](N)Cc2cc(F)c(F)cc2F)n1. The molecule has 0 spiro atoms. The minimum absolute atomic E-state index is 0.0900. The van der Waals surface area contributed by atoms with Gasteiger partial charge in [-0.2, -0.15) is 5.10 Å². The molecular formula is C19H23F4N5O. The van der Waals surface area contributed by atoms with Crippen LogP contribution in [0, 0.1) is 17.5 Å². The molecule has 0 radical (unpaired) electrons. The summed E-state index contributed by atoms with van der Waals surface area (Å²) in [6, 6.07) is 0.0456. The highest BCUT2D eigenvalue weighted by Gasteiger charge is 2.34. The summed E-state index contributed by atoms with van der Waals surface area (Å²) in [6.07, 6.45) is 2.43. The number of hydrogen-bond donors (Lipinski definition) is 1. The number of rotatable bonds is 6. The first-order valence-corrected chi connectivity index (χ1v) is 9.35. The van der Waals surface area contributed by atoms with Gasteiger partial charge in [-0.05, 0) is 44.7 Å². The molecule has 0 bridgehead atoms. The van der Waals surface area contributed by atoms with E-state index in [-0.39, 0.29) is 24.3 Å². The molecule has 10 heteroatoms. The van der Waals surface area contributed by atoms with E-state index in [0.717, 1.165) is 17.2 Å². The maximum Gasteiger partial charge on any atom is 0.224 e. The number of hydrogen-bond acceptors (Lipinski definition) is 4. The second-order valence-electron chi connectivity index (χ2n) is 7.73. The van der Waals surface area contributed by atoms with Crippen LogP contribution in [0.25, 0.3) is 0 Å². The van der Waals surface area contributed by atoms with Crippen LogP contribution >= 0.6 is 0 Å². The van der Waals surface area contributed by atoms with Gasteiger partial charge in [-0.3, -0.25) is 4.79 Å². The molecule has 6 nitrogen and oxygen atoms in total. The van der Waals surface area contributed by atoms with E-state index in [4.69, 9.17) is 5.73 Å². The Morgan fingerprint density at radius 3 is 2.62 bits per heavy atom. The lowest BCUT2D eigenvalue weighted by molar-refractivity contribution is -0.132. The number of nitrogens with two attached hydrogens (primary N) is 1. The summed E-state index contributed by atoms with van der Waals surface area (Å²) >= 11 is 0. The largest absolute Gasteiger partial charge is 0.332 e. The molecule has 0 aliphatic carbocycles. The van der Waals surface area contributed by atoms with Crippen molar-refractivity contribution < 1.29 is 22.4 Å². The zero-order valence-corrected chi connectivity index (χ0v) is 16.2. The summed E-state index contributed by atoms with van der Waals surface area (Å²) in [4.78, 5) is 18.4. The lowest BCUT2D eigenvalue weighted by Gasteiger charge is -2.24. The van der Waals surface area contributed by atoms with E-state index in [1.54, 1.807) is 4.90 Å². The van der Waals surface area contributed by atoms with Crippen molar-refractivity contribution in [2.75, 3.05) is 6.54 Å². The highest BCUT2D eigenvalue weighted by Crippen LogP contribution is 2.31. The average Bonchev–Trinajstić information content (AvgIpc) is 3.28. The molecule has 158 valence electrons. The first kappa shape index (κ1) is 21.2. The van der Waals surface area contributed by atoms with Crippen LogP contribution in [0.2, 0.25) is 0 Å². The molecule has 29 heavy (non-hydrogen) atoms. The zero-order valence-electron chi connectivity index (χ0n) is 16.2. The molecule has 2 N–H and O–H groups in total. The van der Waals surface area contributed by atoms with Gasteiger partial charge in [-0.1, -0.05) is 0 Å². The number of nitrogens with zero attached hydrogens (tertiary/aromatic N) is 4. The first-order valence-electron chi connectivity index (χ1n) is 9.35. The van der Waals surface area contributed by atoms with Crippen molar-refractivity contribution >= 4 is 5.91 Å². The zero-order chi connectivity index (χ0) is 21.3. The van der Waals surface area contributed by atoms with Gasteiger partial charge in [-0.15, -0.1) is 0 Å². The number of benzene rings is 1. The highest BCUT2D eigenvalue weighted by molar-refractivity contribution is 5.77. The number of carbonyl (C=O) groups is 1. The van der Waals surface area contributed by atoms with Crippen molar-refractivity contribution in [2.45, 2.75) is 57.4 Å². The maximum atomic E-state index is 14.0. The van der Waals surface area contributed by atoms with E-state index in [0.29, 0.717) is 24.9 Å². The Kier molecular flexibility index (Phi) is 5.92. The van der Waals surface area contributed by atoms with Gasteiger partial charge in [-0.25, -0.2) is 27.2 Å². The highest BCUT2D eigenvalue weighted by atomic mass is 19.2. The second-order valence-corrected chi connectivity index (χ2v) is 7.73. The number of amides is 1. The van der Waals surface area contributed by atoms with Crippen LogP contribution in [0.15, 0.2) is 18.5 Å². The van der Waals surface area contributed by atoms with E-state index in [2.05, 4.69) is 10.1 Å². The van der Waals surface area contributed by atoms with E-state index < -0.39 is 35.3 Å². The smallest absolute Gasteiger partial charge is 0.224 e. The van der Waals surface area contributed by atoms with Gasteiger partial charge < -0.3 is 10.6 Å². The normalized spacial score (nSPS) is 18.3. The minimum atomic E-state index is -1.71. The van der Waals surface area contributed by atoms with Crippen LogP contribution in [-0.4, -0.2) is 38.2 Å². The van der Waals surface area contributed by atoms with Gasteiger partial charge in [0.2, 0.25) is 5.91 Å². The Hall–Kier alpha value is -2.49. The average molecular weight is 413 g/mol. The molecule has 1 aliphatic rings. The van der Waals surface area contributed by atoms with Crippen LogP contribution in [0.3, 0.4) is 0 Å². The van der Waals surface area contributed by atoms with Crippen molar-refractivity contribution in [1.29, 1.82) is 0 Å². The summed E-state index contributed by atoms with van der Waals surface area (Å²) in [5.74, 6) is -5.00. The van der Waals surface area contributed by atoms with Crippen LogP contribution in [0.4, 0.5) is 17.6 Å². The van der Waals surface area contributed by atoms with Crippen molar-refractivity contribution in [1.82, 2.24) is 19.7 Å². The van der Waals surface area contributed by atoms with Gasteiger partial charge in [0.1, 0.15) is 12.1 Å². The molecule has 1 saturated heterocycles. The third-order valence-electron chi connectivity index (χ3n) is 4.93. The van der Waals surface area contributed by atoms with E-state index >= 15 is 0 Å². The predicted octanol–water partition coefficient (Wildman–Crippen LogP) is 2.98. The molecule has 1 aromatic carbocycles. The fourth-order valence-corrected chi connectivity index (χ4v) is 3.43. The molecule has 0 unspecified atom stereocenters. The monoisotopic (exact) mass is 413 g/mol. The number of halogens is 4. The summed E-state index contributed by atoms with van der Waals surface area (Å²) in [5, 5.41) is 4.15. The van der Waals surface area contributed by atoms with Crippen LogP contribution < -0.4 is 5.73 Å². The third-order valence-corrected chi connectivity index (χ3v) is 4.93. The van der Waals surface area contributed by atoms with Crippen molar-refractivity contribution in [3.63, 3.8) is 0 Å². The minimum Gasteiger partial charge on any atom is -0.332 e. The van der Waals surface area contributed by atoms with Crippen molar-refractivity contribution in [2.24, 2.45) is 5.73 Å². The van der Waals surface area contributed by atoms with Crippen molar-refractivity contribution in [3.8, 4) is 0 Å². The fourth-order valence-electron chi connectivity index (χ4n) is 3.43. The number of carbonyl (C=O) groups excluding carboxylic acids is 1. The van der Waals surface area contributed by atoms with Crippen LogP contribution in [-0.2, 0) is 17.0 Å². The Labute approximate surface area is 165 Å². The van der Waals surface area contributed by atoms with E-state index in [1.807, 2.05) is 0 Å². The number of alkyl halides is 1. The fraction of sp³-hybridized carbons (Fsp3) is 0.526. The maximum absolute atomic E-state index is 14.0.